The first-order valence-electron chi connectivity index (χ1n) is 9.44. The number of nitrogens with one attached hydrogen (secondary N) is 3. The topological polar surface area (TPSA) is 157 Å². The number of H-pyrrole nitrogens is 1. The molecule has 31 heavy (non-hydrogen) atoms. The second kappa shape index (κ2) is 9.44. The van der Waals surface area contributed by atoms with Crippen molar-refractivity contribution in [3.63, 3.8) is 0 Å². The average molecular weight is 420 g/mol. The van der Waals surface area contributed by atoms with Gasteiger partial charge in [-0.3, -0.25) is 5.32 Å². The Balaban J connectivity index is 2.07. The second-order valence-corrected chi connectivity index (χ2v) is 6.48. The lowest BCUT2D eigenvalue weighted by Crippen LogP contribution is -2.28. The Morgan fingerprint density at radius 2 is 2.03 bits per heavy atom. The molecule has 3 aromatic rings. The third-order valence-corrected chi connectivity index (χ3v) is 4.30. The smallest absolute Gasteiger partial charge is 0.321 e. The van der Waals surface area contributed by atoms with Crippen LogP contribution >= 0.6 is 0 Å². The van der Waals surface area contributed by atoms with Gasteiger partial charge in [0.1, 0.15) is 0 Å². The predicted octanol–water partition coefficient (Wildman–Crippen LogP) is 2.76. The number of benzene rings is 1. The highest BCUT2D eigenvalue weighted by Crippen LogP contribution is 2.31. The minimum Gasteiger partial charge on any atom is -0.483 e. The number of nitrogen functional groups attached to an aromatic ring is 1. The molecule has 2 heterocycles. The van der Waals surface area contributed by atoms with E-state index < -0.39 is 0 Å². The Morgan fingerprint density at radius 3 is 2.71 bits per heavy atom. The van der Waals surface area contributed by atoms with Crippen molar-refractivity contribution >= 4 is 34.5 Å². The number of allylic oxidation sites excluding steroid dienone is 4. The molecule has 0 aliphatic heterocycles. The van der Waals surface area contributed by atoms with E-state index in [1.807, 2.05) is 19.1 Å². The number of rotatable bonds is 7. The molecule has 0 aliphatic carbocycles. The minimum atomic E-state index is -0.353. The first-order valence-corrected chi connectivity index (χ1v) is 9.44. The number of methoxy groups -OCH3 is 1. The number of urea groups is 1. The summed E-state index contributed by atoms with van der Waals surface area (Å²) in [6.45, 7) is 6.47. The van der Waals surface area contributed by atoms with Gasteiger partial charge in [-0.2, -0.15) is 0 Å². The number of anilines is 2. The van der Waals surface area contributed by atoms with E-state index in [4.69, 9.17) is 16.2 Å². The summed E-state index contributed by atoms with van der Waals surface area (Å²) in [6.07, 6.45) is 8.41. The monoisotopic (exact) mass is 420 g/mol. The fourth-order valence-corrected chi connectivity index (χ4v) is 2.80. The molecule has 3 rings (SSSR count). The molecule has 0 saturated heterocycles. The summed E-state index contributed by atoms with van der Waals surface area (Å²) in [5, 5.41) is 5.35. The van der Waals surface area contributed by atoms with Crippen LogP contribution in [0.15, 0.2) is 55.2 Å². The van der Waals surface area contributed by atoms with E-state index in [9.17, 15) is 4.79 Å². The second-order valence-electron chi connectivity index (χ2n) is 6.48. The highest BCUT2D eigenvalue weighted by molar-refractivity contribution is 5.97. The number of ether oxygens (including phenoxy) is 1. The van der Waals surface area contributed by atoms with Crippen LogP contribution in [-0.4, -0.2) is 39.6 Å². The van der Waals surface area contributed by atoms with Gasteiger partial charge in [0.25, 0.3) is 0 Å². The van der Waals surface area contributed by atoms with Crippen molar-refractivity contribution in [1.82, 2.24) is 25.3 Å². The minimum absolute atomic E-state index is 0.190. The van der Waals surface area contributed by atoms with E-state index in [0.29, 0.717) is 29.1 Å². The van der Waals surface area contributed by atoms with Gasteiger partial charge in [-0.05, 0) is 36.3 Å². The van der Waals surface area contributed by atoms with E-state index in [1.54, 1.807) is 30.6 Å². The van der Waals surface area contributed by atoms with Crippen molar-refractivity contribution in [2.75, 3.05) is 24.7 Å². The van der Waals surface area contributed by atoms with E-state index in [1.165, 1.54) is 7.11 Å². The molecular formula is C21H24N8O2. The molecule has 2 aromatic heterocycles. The van der Waals surface area contributed by atoms with Gasteiger partial charge in [0.15, 0.2) is 5.88 Å². The summed E-state index contributed by atoms with van der Waals surface area (Å²) < 4.78 is 4.93. The maximum absolute atomic E-state index is 11.9. The van der Waals surface area contributed by atoms with Gasteiger partial charge >= 0.3 is 6.03 Å². The molecule has 0 unspecified atom stereocenters. The molecule has 2 amide bonds. The van der Waals surface area contributed by atoms with Gasteiger partial charge in [0.2, 0.25) is 11.9 Å². The van der Waals surface area contributed by atoms with Gasteiger partial charge in [-0.25, -0.2) is 19.7 Å². The van der Waals surface area contributed by atoms with Crippen LogP contribution in [0.2, 0.25) is 0 Å². The van der Waals surface area contributed by atoms with E-state index in [0.717, 1.165) is 16.7 Å². The number of aromatic amines is 1. The third-order valence-electron chi connectivity index (χ3n) is 4.30. The summed E-state index contributed by atoms with van der Waals surface area (Å²) in [5.74, 6) is 0.776. The van der Waals surface area contributed by atoms with Crippen LogP contribution in [0.1, 0.15) is 12.5 Å². The zero-order chi connectivity index (χ0) is 22.4. The number of fused-ring (bicyclic) bond motifs is 1. The Hall–Kier alpha value is -4.34. The number of hydrogen-bond acceptors (Lipinski definition) is 7. The van der Waals surface area contributed by atoms with E-state index in [2.05, 4.69) is 37.1 Å². The van der Waals surface area contributed by atoms with Crippen LogP contribution in [-0.2, 0) is 4.74 Å². The fraction of sp³-hybridized carbons (Fsp3) is 0.143. The summed E-state index contributed by atoms with van der Waals surface area (Å²) in [4.78, 5) is 27.7. The van der Waals surface area contributed by atoms with Crippen LogP contribution < -0.4 is 22.1 Å². The van der Waals surface area contributed by atoms with Crippen LogP contribution in [0.3, 0.4) is 0 Å². The highest BCUT2D eigenvalue weighted by Gasteiger charge is 2.14. The molecule has 10 heteroatoms. The standard InChI is InChI=1S/C21H24N8O2/c1-4-24-21(30)29-20-27-16-9-13(14-10-25-19(23)26-11-14)8-15(18(16)28-20)12(2)6-5-7-17(22)31-3/h5-11H,2,4,22H2,1,3H3,(H2,23,25,26)(H3,24,27,28,29,30)/b6-5-,17-7+. The zero-order valence-electron chi connectivity index (χ0n) is 17.3. The molecule has 10 nitrogen and oxygen atoms in total. The normalized spacial score (nSPS) is 11.6. The third kappa shape index (κ3) is 5.18. The number of aromatic nitrogens is 4. The van der Waals surface area contributed by atoms with Crippen molar-refractivity contribution in [3.8, 4) is 11.1 Å². The summed E-state index contributed by atoms with van der Waals surface area (Å²) in [7, 11) is 1.49. The molecule has 0 atom stereocenters. The quantitative estimate of drug-likeness (QED) is 0.290. The predicted molar refractivity (Wildman–Crippen MR) is 122 cm³/mol. The van der Waals surface area contributed by atoms with Gasteiger partial charge in [0, 0.05) is 30.1 Å². The number of carbonyl (C=O) groups excluding carboxylic acids is 1. The molecular weight excluding hydrogens is 396 g/mol. The van der Waals surface area contributed by atoms with Crippen LogP contribution in [0.25, 0.3) is 27.7 Å². The number of imidazole rings is 1. The maximum atomic E-state index is 11.9. The van der Waals surface area contributed by atoms with Crippen LogP contribution in [0, 0.1) is 0 Å². The zero-order valence-corrected chi connectivity index (χ0v) is 17.3. The molecule has 160 valence electrons. The number of carbonyl (C=O) groups is 1. The van der Waals surface area contributed by atoms with Crippen molar-refractivity contribution in [2.45, 2.75) is 6.92 Å². The van der Waals surface area contributed by atoms with E-state index in [-0.39, 0.29) is 17.9 Å². The molecule has 1 aromatic carbocycles. The summed E-state index contributed by atoms with van der Waals surface area (Å²) in [5.41, 5.74) is 15.6. The first-order chi connectivity index (χ1) is 14.9. The van der Waals surface area contributed by atoms with Crippen molar-refractivity contribution in [3.05, 3.63) is 60.8 Å². The maximum Gasteiger partial charge on any atom is 0.321 e. The number of hydrogen-bond donors (Lipinski definition) is 5. The van der Waals surface area contributed by atoms with Crippen molar-refractivity contribution in [1.29, 1.82) is 0 Å². The lowest BCUT2D eigenvalue weighted by Gasteiger charge is -2.07. The lowest BCUT2D eigenvalue weighted by molar-refractivity contribution is 0.252. The Morgan fingerprint density at radius 1 is 1.29 bits per heavy atom. The molecule has 0 fully saturated rings. The van der Waals surface area contributed by atoms with Gasteiger partial charge in [0.05, 0.1) is 18.1 Å². The first kappa shape index (κ1) is 21.4. The SMILES string of the molecule is C=C(/C=C\C=C(/N)OC)c1cc(-c2cnc(N)nc2)cc2[nH]c(NC(=O)NCC)nc12. The summed E-state index contributed by atoms with van der Waals surface area (Å²) in [6, 6.07) is 3.46. The van der Waals surface area contributed by atoms with Crippen molar-refractivity contribution in [2.24, 2.45) is 5.73 Å². The Kier molecular flexibility index (Phi) is 6.51. The molecule has 0 saturated carbocycles. The fourth-order valence-electron chi connectivity index (χ4n) is 2.80. The summed E-state index contributed by atoms with van der Waals surface area (Å²) >= 11 is 0. The molecule has 0 radical (unpaired) electrons. The molecule has 0 bridgehead atoms. The highest BCUT2D eigenvalue weighted by atomic mass is 16.5. The average Bonchev–Trinajstić information content (AvgIpc) is 3.15. The van der Waals surface area contributed by atoms with Gasteiger partial charge in [-0.15, -0.1) is 0 Å². The Bertz CT molecular complexity index is 1160. The van der Waals surface area contributed by atoms with Gasteiger partial charge in [-0.1, -0.05) is 18.7 Å². The number of amides is 2. The molecule has 0 spiro atoms. The molecule has 7 N–H and O–H groups in total. The Labute approximate surface area is 179 Å². The van der Waals surface area contributed by atoms with Crippen molar-refractivity contribution < 1.29 is 9.53 Å². The van der Waals surface area contributed by atoms with Gasteiger partial charge < -0.3 is 26.5 Å². The molecule has 0 aliphatic rings. The number of nitrogens with two attached hydrogens (primary N) is 2. The lowest BCUT2D eigenvalue weighted by atomic mass is 9.99. The van der Waals surface area contributed by atoms with Crippen LogP contribution in [0.4, 0.5) is 16.7 Å². The number of nitrogens with zero attached hydrogens (tertiary/aromatic N) is 3. The largest absolute Gasteiger partial charge is 0.483 e. The van der Waals surface area contributed by atoms with Crippen LogP contribution in [0.5, 0.6) is 0 Å². The van der Waals surface area contributed by atoms with E-state index >= 15 is 0 Å².